The number of rotatable bonds is 7. The summed E-state index contributed by atoms with van der Waals surface area (Å²) >= 11 is 12.2. The number of nitrogens with two attached hydrogens (primary N) is 1. The molecule has 1 heterocycles. The van der Waals surface area contributed by atoms with E-state index in [1.165, 1.54) is 0 Å². The molecule has 2 aliphatic rings. The fourth-order valence-electron chi connectivity index (χ4n) is 4.68. The van der Waals surface area contributed by atoms with Crippen molar-refractivity contribution in [1.82, 2.24) is 0 Å². The second kappa shape index (κ2) is 11.1. The van der Waals surface area contributed by atoms with Crippen molar-refractivity contribution in [3.63, 3.8) is 0 Å². The van der Waals surface area contributed by atoms with Gasteiger partial charge >= 0.3 is 5.97 Å². The standard InChI is InChI=1S/C28H28Cl2N2O6/c1-4-36-27(35)24-22(23-18(33)12-28(2,3)13-20(23)38-26(24)31)15-8-5-6-11-19(15)37-14-21(34)32-17-10-7-9-16(29)25(17)30/h5-11,22H,4,12-14,31H2,1-3H3,(H,32,34). The maximum Gasteiger partial charge on any atom is 0.340 e. The second-order valence-electron chi connectivity index (χ2n) is 9.79. The molecular weight excluding hydrogens is 531 g/mol. The first-order valence-corrected chi connectivity index (χ1v) is 12.8. The predicted molar refractivity (Wildman–Crippen MR) is 144 cm³/mol. The van der Waals surface area contributed by atoms with Crippen LogP contribution in [0.15, 0.2) is 65.3 Å². The zero-order valence-electron chi connectivity index (χ0n) is 21.2. The number of ketones is 1. The van der Waals surface area contributed by atoms with Gasteiger partial charge in [0.2, 0.25) is 5.88 Å². The number of hydrogen-bond acceptors (Lipinski definition) is 7. The Hall–Kier alpha value is -3.49. The molecule has 1 atom stereocenters. The van der Waals surface area contributed by atoms with E-state index in [4.69, 9.17) is 43.1 Å². The summed E-state index contributed by atoms with van der Waals surface area (Å²) in [6.07, 6.45) is 0.737. The van der Waals surface area contributed by atoms with Crippen LogP contribution in [0.25, 0.3) is 0 Å². The van der Waals surface area contributed by atoms with Crippen LogP contribution in [0.3, 0.4) is 0 Å². The van der Waals surface area contributed by atoms with Crippen molar-refractivity contribution in [2.24, 2.45) is 11.1 Å². The van der Waals surface area contributed by atoms with Crippen LogP contribution in [0.1, 0.15) is 45.1 Å². The van der Waals surface area contributed by atoms with E-state index in [-0.39, 0.29) is 47.3 Å². The number of hydrogen-bond donors (Lipinski definition) is 2. The first-order valence-electron chi connectivity index (χ1n) is 12.1. The Labute approximate surface area is 230 Å². The fourth-order valence-corrected chi connectivity index (χ4v) is 5.03. The van der Waals surface area contributed by atoms with Crippen LogP contribution in [-0.4, -0.2) is 30.9 Å². The molecule has 0 fully saturated rings. The lowest BCUT2D eigenvalue weighted by Crippen LogP contribution is -2.36. The van der Waals surface area contributed by atoms with Crippen molar-refractivity contribution in [3.8, 4) is 5.75 Å². The molecule has 200 valence electrons. The molecule has 10 heteroatoms. The lowest BCUT2D eigenvalue weighted by Gasteiger charge is -2.38. The summed E-state index contributed by atoms with van der Waals surface area (Å²) in [5, 5.41) is 3.18. The molecule has 0 radical (unpaired) electrons. The first-order chi connectivity index (χ1) is 18.0. The van der Waals surface area contributed by atoms with E-state index in [0.717, 1.165) is 0 Å². The zero-order chi connectivity index (χ0) is 27.6. The molecule has 0 aromatic heterocycles. The molecule has 1 amide bonds. The molecule has 8 nitrogen and oxygen atoms in total. The zero-order valence-corrected chi connectivity index (χ0v) is 22.7. The van der Waals surface area contributed by atoms with Crippen molar-refractivity contribution in [2.45, 2.75) is 39.5 Å². The topological polar surface area (TPSA) is 117 Å². The number of Topliss-reactive ketones (excluding diaryl/α,β-unsaturated/α-hetero) is 1. The van der Waals surface area contributed by atoms with Gasteiger partial charge in [0.1, 0.15) is 17.1 Å². The largest absolute Gasteiger partial charge is 0.483 e. The van der Waals surface area contributed by atoms with Crippen LogP contribution in [-0.2, 0) is 23.9 Å². The SMILES string of the molecule is CCOC(=O)C1=C(N)OC2=C(C(=O)CC(C)(C)C2)C1c1ccccc1OCC(=O)Nc1cccc(Cl)c1Cl. The highest BCUT2D eigenvalue weighted by Crippen LogP contribution is 2.49. The van der Waals surface area contributed by atoms with E-state index in [1.54, 1.807) is 49.4 Å². The number of para-hydroxylation sites is 1. The Morgan fingerprint density at radius 3 is 2.61 bits per heavy atom. The minimum Gasteiger partial charge on any atom is -0.483 e. The van der Waals surface area contributed by atoms with Crippen LogP contribution in [0.5, 0.6) is 5.75 Å². The molecule has 2 aromatic carbocycles. The second-order valence-corrected chi connectivity index (χ2v) is 10.6. The number of benzene rings is 2. The van der Waals surface area contributed by atoms with Gasteiger partial charge < -0.3 is 25.3 Å². The molecule has 2 aromatic rings. The highest BCUT2D eigenvalue weighted by molar-refractivity contribution is 6.44. The number of esters is 1. The van der Waals surface area contributed by atoms with Gasteiger partial charge in [-0.3, -0.25) is 9.59 Å². The van der Waals surface area contributed by atoms with Crippen LogP contribution < -0.4 is 15.8 Å². The average molecular weight is 559 g/mol. The number of carbonyl (C=O) groups is 3. The maximum atomic E-state index is 13.4. The Bertz CT molecular complexity index is 1360. The third kappa shape index (κ3) is 5.66. The van der Waals surface area contributed by atoms with Crippen LogP contribution >= 0.6 is 23.2 Å². The summed E-state index contributed by atoms with van der Waals surface area (Å²) in [6, 6.07) is 11.7. The molecule has 1 aliphatic carbocycles. The number of carbonyl (C=O) groups excluding carboxylic acids is 3. The van der Waals surface area contributed by atoms with Crippen molar-refractivity contribution >= 4 is 46.5 Å². The van der Waals surface area contributed by atoms with Crippen LogP contribution in [0, 0.1) is 5.41 Å². The summed E-state index contributed by atoms with van der Waals surface area (Å²) in [7, 11) is 0. The normalized spacial score (nSPS) is 18.4. The highest BCUT2D eigenvalue weighted by atomic mass is 35.5. The molecule has 0 saturated carbocycles. The number of allylic oxidation sites excluding steroid dienone is 2. The molecule has 1 aliphatic heterocycles. The Kier molecular flexibility index (Phi) is 8.04. The van der Waals surface area contributed by atoms with E-state index < -0.39 is 17.8 Å². The summed E-state index contributed by atoms with van der Waals surface area (Å²) in [5.41, 5.74) is 7.10. The lowest BCUT2D eigenvalue weighted by atomic mass is 9.70. The molecule has 4 rings (SSSR count). The van der Waals surface area contributed by atoms with Gasteiger partial charge in [0.25, 0.3) is 5.91 Å². The van der Waals surface area contributed by atoms with E-state index in [0.29, 0.717) is 39.8 Å². The summed E-state index contributed by atoms with van der Waals surface area (Å²) < 4.78 is 17.0. The molecule has 3 N–H and O–H groups in total. The number of halogens is 2. The smallest absolute Gasteiger partial charge is 0.340 e. The molecule has 0 bridgehead atoms. The first kappa shape index (κ1) is 27.5. The number of anilines is 1. The van der Waals surface area contributed by atoms with Gasteiger partial charge in [-0.1, -0.05) is 61.3 Å². The maximum absolute atomic E-state index is 13.4. The van der Waals surface area contributed by atoms with Crippen LogP contribution in [0.4, 0.5) is 5.69 Å². The van der Waals surface area contributed by atoms with Crippen molar-refractivity contribution in [3.05, 3.63) is 80.9 Å². The number of amides is 1. The van der Waals surface area contributed by atoms with Crippen molar-refractivity contribution in [2.75, 3.05) is 18.5 Å². The molecule has 38 heavy (non-hydrogen) atoms. The highest BCUT2D eigenvalue weighted by Gasteiger charge is 2.45. The van der Waals surface area contributed by atoms with Gasteiger partial charge in [-0.05, 0) is 30.5 Å². The minimum atomic E-state index is -0.886. The molecule has 1 unspecified atom stereocenters. The van der Waals surface area contributed by atoms with Gasteiger partial charge in [-0.25, -0.2) is 4.79 Å². The van der Waals surface area contributed by atoms with Crippen LogP contribution in [0.2, 0.25) is 10.0 Å². The minimum absolute atomic E-state index is 0.0184. The Balaban J connectivity index is 1.69. The summed E-state index contributed by atoms with van der Waals surface area (Å²) in [6.45, 7) is 5.35. The van der Waals surface area contributed by atoms with E-state index in [9.17, 15) is 14.4 Å². The molecule has 0 saturated heterocycles. The summed E-state index contributed by atoms with van der Waals surface area (Å²) in [5.74, 6) is -1.62. The Morgan fingerprint density at radius 1 is 1.13 bits per heavy atom. The van der Waals surface area contributed by atoms with Gasteiger partial charge in [0, 0.05) is 24.0 Å². The van der Waals surface area contributed by atoms with Gasteiger partial charge in [-0.2, -0.15) is 0 Å². The third-order valence-electron chi connectivity index (χ3n) is 6.26. The van der Waals surface area contributed by atoms with E-state index in [1.807, 2.05) is 13.8 Å². The number of nitrogens with one attached hydrogen (secondary N) is 1. The van der Waals surface area contributed by atoms with E-state index in [2.05, 4.69) is 5.32 Å². The number of ether oxygens (including phenoxy) is 3. The average Bonchev–Trinajstić information content (AvgIpc) is 2.84. The quantitative estimate of drug-likeness (QED) is 0.430. The molecular formula is C28H28Cl2N2O6. The lowest BCUT2D eigenvalue weighted by molar-refractivity contribution is -0.139. The predicted octanol–water partition coefficient (Wildman–Crippen LogP) is 5.50. The van der Waals surface area contributed by atoms with Gasteiger partial charge in [-0.15, -0.1) is 0 Å². The van der Waals surface area contributed by atoms with Gasteiger partial charge in [0.15, 0.2) is 12.4 Å². The van der Waals surface area contributed by atoms with Gasteiger partial charge in [0.05, 0.1) is 28.3 Å². The fraction of sp³-hybridized carbons (Fsp3) is 0.321. The van der Waals surface area contributed by atoms with E-state index >= 15 is 0 Å². The van der Waals surface area contributed by atoms with Crippen molar-refractivity contribution < 1.29 is 28.6 Å². The summed E-state index contributed by atoms with van der Waals surface area (Å²) in [4.78, 5) is 39.1. The molecule has 0 spiro atoms. The Morgan fingerprint density at radius 2 is 1.87 bits per heavy atom. The monoisotopic (exact) mass is 558 g/mol. The third-order valence-corrected chi connectivity index (χ3v) is 7.08. The van der Waals surface area contributed by atoms with Crippen molar-refractivity contribution in [1.29, 1.82) is 0 Å².